The van der Waals surface area contributed by atoms with E-state index in [2.05, 4.69) is 5.32 Å². The first-order valence-corrected chi connectivity index (χ1v) is 15.3. The number of halogens is 4. The Morgan fingerprint density at radius 1 is 0.933 bits per heavy atom. The van der Waals surface area contributed by atoms with Gasteiger partial charge in [-0.15, -0.1) is 0 Å². The summed E-state index contributed by atoms with van der Waals surface area (Å²) in [5.41, 5.74) is -0.951. The van der Waals surface area contributed by atoms with Crippen molar-refractivity contribution in [1.82, 2.24) is 9.88 Å². The number of pyridine rings is 1. The van der Waals surface area contributed by atoms with E-state index in [1.165, 1.54) is 24.3 Å². The van der Waals surface area contributed by atoms with Crippen LogP contribution in [0.4, 0.5) is 17.6 Å². The van der Waals surface area contributed by atoms with E-state index in [0.29, 0.717) is 24.8 Å². The lowest BCUT2D eigenvalue weighted by atomic mass is 9.99. The predicted octanol–water partition coefficient (Wildman–Crippen LogP) is 7.47. The zero-order valence-corrected chi connectivity index (χ0v) is 25.3. The average molecular weight is 625 g/mol. The second-order valence-corrected chi connectivity index (χ2v) is 11.8. The van der Waals surface area contributed by atoms with Crippen LogP contribution in [0.2, 0.25) is 0 Å². The van der Waals surface area contributed by atoms with E-state index in [4.69, 9.17) is 9.47 Å². The number of carbonyl (C=O) groups is 1. The van der Waals surface area contributed by atoms with Gasteiger partial charge in [0.15, 0.2) is 0 Å². The van der Waals surface area contributed by atoms with Gasteiger partial charge in [0.1, 0.15) is 46.9 Å². The molecule has 0 aliphatic heterocycles. The standard InChI is InChI=1S/C35H36F4N2O4/c1-21(2)17-31(35(43)45-23-7-3-4-8-23)40-15-6-16-44-24-19-27(25-12-11-22(36)18-30(25)39)26-13-14-33(42)41(32(26)20-24)34-28(37)9-5-10-29(34)38/h5,9-14,18-21,23,31,40H,3-4,6-8,15-17H2,1-2H3/t31-/m0/s1. The van der Waals surface area contributed by atoms with Crippen molar-refractivity contribution in [2.75, 3.05) is 13.2 Å². The summed E-state index contributed by atoms with van der Waals surface area (Å²) in [4.78, 5) is 25.9. The minimum absolute atomic E-state index is 0.0185. The first-order valence-electron chi connectivity index (χ1n) is 15.3. The molecule has 0 unspecified atom stereocenters. The molecule has 0 bridgehead atoms. The summed E-state index contributed by atoms with van der Waals surface area (Å²) in [7, 11) is 0. The van der Waals surface area contributed by atoms with Gasteiger partial charge in [0.2, 0.25) is 0 Å². The summed E-state index contributed by atoms with van der Waals surface area (Å²) in [6.45, 7) is 4.68. The molecule has 45 heavy (non-hydrogen) atoms. The van der Waals surface area contributed by atoms with E-state index < -0.39 is 40.6 Å². The highest BCUT2D eigenvalue weighted by atomic mass is 19.1. The van der Waals surface area contributed by atoms with Crippen LogP contribution in [0.1, 0.15) is 52.4 Å². The second-order valence-electron chi connectivity index (χ2n) is 11.8. The molecule has 0 radical (unpaired) electrons. The van der Waals surface area contributed by atoms with Crippen molar-refractivity contribution in [3.05, 3.63) is 94.3 Å². The normalized spacial score (nSPS) is 14.3. The van der Waals surface area contributed by atoms with Crippen LogP contribution in [-0.4, -0.2) is 35.8 Å². The Hall–Kier alpha value is -4.18. The summed E-state index contributed by atoms with van der Waals surface area (Å²) in [6, 6.07) is 11.5. The van der Waals surface area contributed by atoms with Crippen LogP contribution in [0.5, 0.6) is 5.75 Å². The summed E-state index contributed by atoms with van der Waals surface area (Å²) < 4.78 is 71.2. The van der Waals surface area contributed by atoms with Crippen molar-refractivity contribution in [1.29, 1.82) is 0 Å². The average Bonchev–Trinajstić information content (AvgIpc) is 3.50. The van der Waals surface area contributed by atoms with E-state index in [1.54, 1.807) is 6.07 Å². The first-order chi connectivity index (χ1) is 21.6. The highest BCUT2D eigenvalue weighted by Crippen LogP contribution is 2.35. The van der Waals surface area contributed by atoms with Gasteiger partial charge in [-0.25, -0.2) is 17.6 Å². The number of rotatable bonds is 12. The van der Waals surface area contributed by atoms with Gasteiger partial charge < -0.3 is 14.8 Å². The van der Waals surface area contributed by atoms with Gasteiger partial charge in [-0.2, -0.15) is 0 Å². The number of ether oxygens (including phenoxy) is 2. The number of nitrogens with one attached hydrogen (secondary N) is 1. The third-order valence-electron chi connectivity index (χ3n) is 7.93. The molecule has 0 saturated heterocycles. The van der Waals surface area contributed by atoms with Crippen molar-refractivity contribution in [2.24, 2.45) is 5.92 Å². The Kier molecular flexibility index (Phi) is 10.2. The molecule has 1 aliphatic carbocycles. The lowest BCUT2D eigenvalue weighted by molar-refractivity contribution is -0.151. The maximum atomic E-state index is 15.0. The molecular weight excluding hydrogens is 588 g/mol. The van der Waals surface area contributed by atoms with Crippen LogP contribution in [0, 0.1) is 29.2 Å². The van der Waals surface area contributed by atoms with Crippen molar-refractivity contribution < 1.29 is 31.8 Å². The van der Waals surface area contributed by atoms with Crippen LogP contribution >= 0.6 is 0 Å². The number of carbonyl (C=O) groups excluding carboxylic acids is 1. The molecule has 5 rings (SSSR count). The number of aromatic nitrogens is 1. The molecule has 1 saturated carbocycles. The number of benzene rings is 3. The molecule has 1 heterocycles. The molecule has 1 N–H and O–H groups in total. The monoisotopic (exact) mass is 624 g/mol. The SMILES string of the molecule is CC(C)C[C@H](NCCCOc1cc(-c2ccc(F)cc2F)c2ccc(=O)n(-c3c(F)cccc3F)c2c1)C(=O)OC1CCCC1. The van der Waals surface area contributed by atoms with Crippen LogP contribution < -0.4 is 15.6 Å². The van der Waals surface area contributed by atoms with Gasteiger partial charge in [-0.1, -0.05) is 19.9 Å². The number of fused-ring (bicyclic) bond motifs is 1. The van der Waals surface area contributed by atoms with Crippen LogP contribution in [-0.2, 0) is 9.53 Å². The number of hydrogen-bond donors (Lipinski definition) is 1. The lowest BCUT2D eigenvalue weighted by Crippen LogP contribution is -2.41. The molecule has 0 spiro atoms. The Bertz CT molecular complexity index is 1710. The van der Waals surface area contributed by atoms with Crippen LogP contribution in [0.25, 0.3) is 27.7 Å². The topological polar surface area (TPSA) is 69.6 Å². The number of para-hydroxylation sites is 1. The minimum Gasteiger partial charge on any atom is -0.493 e. The maximum absolute atomic E-state index is 15.0. The summed E-state index contributed by atoms with van der Waals surface area (Å²) in [5.74, 6) is -3.32. The van der Waals surface area contributed by atoms with Crippen molar-refractivity contribution in [3.8, 4) is 22.6 Å². The lowest BCUT2D eigenvalue weighted by Gasteiger charge is -2.22. The van der Waals surface area contributed by atoms with E-state index in [-0.39, 0.29) is 47.0 Å². The zero-order chi connectivity index (χ0) is 32.1. The fourth-order valence-corrected chi connectivity index (χ4v) is 5.79. The van der Waals surface area contributed by atoms with E-state index >= 15 is 4.39 Å². The predicted molar refractivity (Wildman–Crippen MR) is 165 cm³/mol. The van der Waals surface area contributed by atoms with Gasteiger partial charge in [0, 0.05) is 29.1 Å². The third-order valence-corrected chi connectivity index (χ3v) is 7.93. The second kappa shape index (κ2) is 14.3. The Morgan fingerprint density at radius 2 is 1.67 bits per heavy atom. The van der Waals surface area contributed by atoms with Gasteiger partial charge in [-0.3, -0.25) is 14.2 Å². The molecule has 1 aromatic heterocycles. The molecule has 238 valence electrons. The molecule has 1 aliphatic rings. The van der Waals surface area contributed by atoms with Crippen molar-refractivity contribution >= 4 is 16.9 Å². The first kappa shape index (κ1) is 32.2. The van der Waals surface area contributed by atoms with E-state index in [0.717, 1.165) is 60.6 Å². The molecule has 4 aromatic rings. The summed E-state index contributed by atoms with van der Waals surface area (Å²) in [5, 5.41) is 3.57. The Balaban J connectivity index is 1.41. The molecular formula is C35H36F4N2O4. The molecule has 1 atom stereocenters. The van der Waals surface area contributed by atoms with Gasteiger partial charge in [0.25, 0.3) is 5.56 Å². The number of nitrogens with zero attached hydrogens (tertiary/aromatic N) is 1. The molecule has 6 nitrogen and oxygen atoms in total. The molecule has 3 aromatic carbocycles. The van der Waals surface area contributed by atoms with E-state index in [1.807, 2.05) is 13.8 Å². The van der Waals surface area contributed by atoms with Crippen molar-refractivity contribution in [3.63, 3.8) is 0 Å². The highest BCUT2D eigenvalue weighted by molar-refractivity contribution is 5.97. The van der Waals surface area contributed by atoms with Gasteiger partial charge in [-0.05, 0) is 92.9 Å². The zero-order valence-electron chi connectivity index (χ0n) is 25.3. The largest absolute Gasteiger partial charge is 0.493 e. The quantitative estimate of drug-likeness (QED) is 0.101. The van der Waals surface area contributed by atoms with Crippen LogP contribution in [0.3, 0.4) is 0 Å². The summed E-state index contributed by atoms with van der Waals surface area (Å²) >= 11 is 0. The summed E-state index contributed by atoms with van der Waals surface area (Å²) in [6.07, 6.45) is 4.98. The highest BCUT2D eigenvalue weighted by Gasteiger charge is 2.26. The smallest absolute Gasteiger partial charge is 0.323 e. The minimum atomic E-state index is -0.959. The molecule has 0 amide bonds. The van der Waals surface area contributed by atoms with Gasteiger partial charge in [0.05, 0.1) is 12.1 Å². The molecule has 1 fully saturated rings. The van der Waals surface area contributed by atoms with Gasteiger partial charge >= 0.3 is 5.97 Å². The number of esters is 1. The Morgan fingerprint density at radius 3 is 2.36 bits per heavy atom. The molecule has 10 heteroatoms. The third kappa shape index (κ3) is 7.56. The fourth-order valence-electron chi connectivity index (χ4n) is 5.79. The Labute approximate surface area is 259 Å². The van der Waals surface area contributed by atoms with Crippen molar-refractivity contribution in [2.45, 2.75) is 64.5 Å². The number of hydrogen-bond acceptors (Lipinski definition) is 5. The maximum Gasteiger partial charge on any atom is 0.323 e. The van der Waals surface area contributed by atoms with Crippen LogP contribution in [0.15, 0.2) is 65.5 Å². The van der Waals surface area contributed by atoms with E-state index in [9.17, 15) is 22.8 Å². The fraction of sp³-hybridized carbons (Fsp3) is 0.371.